The average molecular weight is 414 g/mol. The summed E-state index contributed by atoms with van der Waals surface area (Å²) in [6, 6.07) is 18.4. The van der Waals surface area contributed by atoms with Gasteiger partial charge in [0.1, 0.15) is 5.82 Å². The number of aryl methyl sites for hydroxylation is 1. The van der Waals surface area contributed by atoms with Gasteiger partial charge in [-0.05, 0) is 54.4 Å². The lowest BCUT2D eigenvalue weighted by Gasteiger charge is -2.12. The third-order valence-corrected chi connectivity index (χ3v) is 5.49. The quantitative estimate of drug-likeness (QED) is 0.576. The van der Waals surface area contributed by atoms with Crippen LogP contribution in [0.4, 0.5) is 10.1 Å². The lowest BCUT2D eigenvalue weighted by molar-refractivity contribution is 0.0233. The van der Waals surface area contributed by atoms with Crippen molar-refractivity contribution < 1.29 is 22.4 Å². The molecule has 0 aromatic heterocycles. The Hall–Kier alpha value is -3.23. The number of benzene rings is 3. The topological polar surface area (TPSA) is 84.5 Å². The van der Waals surface area contributed by atoms with E-state index in [0.29, 0.717) is 5.56 Å². The molecule has 3 rings (SSSR count). The third kappa shape index (κ3) is 5.40. The van der Waals surface area contributed by atoms with Crippen molar-refractivity contribution in [3.8, 4) is 0 Å². The van der Waals surface area contributed by atoms with Crippen LogP contribution >= 0.6 is 0 Å². The maximum atomic E-state index is 13.0. The Balaban J connectivity index is 1.72. The minimum Gasteiger partial charge on any atom is -0.280 e. The molecule has 0 aliphatic rings. The number of anilines is 1. The van der Waals surface area contributed by atoms with E-state index in [9.17, 15) is 17.6 Å². The molecule has 0 spiro atoms. The van der Waals surface area contributed by atoms with E-state index in [0.717, 1.165) is 17.7 Å². The van der Waals surface area contributed by atoms with Crippen molar-refractivity contribution in [2.45, 2.75) is 18.4 Å². The number of halogens is 1. The van der Waals surface area contributed by atoms with Crippen molar-refractivity contribution >= 4 is 21.6 Å². The summed E-state index contributed by atoms with van der Waals surface area (Å²) in [4.78, 5) is 17.6. The van der Waals surface area contributed by atoms with Gasteiger partial charge in [0.25, 0.3) is 15.9 Å². The first-order valence-electron chi connectivity index (χ1n) is 8.70. The van der Waals surface area contributed by atoms with Crippen LogP contribution in [0.15, 0.2) is 77.7 Å². The molecule has 2 N–H and O–H groups in total. The fraction of sp³-hybridized carbons (Fsp3) is 0.0952. The SMILES string of the molecule is Cc1ccc(S(=O)(=O)Nc2ccc(F)cc2)cc1C(=O)NOCc1ccccc1. The molecule has 3 aromatic rings. The summed E-state index contributed by atoms with van der Waals surface area (Å²) in [7, 11) is -3.96. The van der Waals surface area contributed by atoms with Gasteiger partial charge in [0.05, 0.1) is 11.5 Å². The zero-order chi connectivity index (χ0) is 20.9. The number of sulfonamides is 1. The number of nitrogens with one attached hydrogen (secondary N) is 2. The van der Waals surface area contributed by atoms with Crippen LogP contribution < -0.4 is 10.2 Å². The highest BCUT2D eigenvalue weighted by molar-refractivity contribution is 7.92. The highest BCUT2D eigenvalue weighted by Gasteiger charge is 2.18. The van der Waals surface area contributed by atoms with E-state index in [2.05, 4.69) is 10.2 Å². The van der Waals surface area contributed by atoms with E-state index in [1.807, 2.05) is 30.3 Å². The van der Waals surface area contributed by atoms with E-state index in [4.69, 9.17) is 4.84 Å². The van der Waals surface area contributed by atoms with E-state index in [-0.39, 0.29) is 22.8 Å². The fourth-order valence-electron chi connectivity index (χ4n) is 2.56. The van der Waals surface area contributed by atoms with Gasteiger partial charge in [-0.15, -0.1) is 0 Å². The summed E-state index contributed by atoms with van der Waals surface area (Å²) in [5.41, 5.74) is 4.17. The van der Waals surface area contributed by atoms with Crippen LogP contribution in [0.5, 0.6) is 0 Å². The first-order valence-corrected chi connectivity index (χ1v) is 10.2. The van der Waals surface area contributed by atoms with Crippen LogP contribution in [-0.4, -0.2) is 14.3 Å². The standard InChI is InChI=1S/C21H19FN2O4S/c1-15-7-12-19(29(26,27)24-18-10-8-17(22)9-11-18)13-20(15)21(25)23-28-14-16-5-3-2-4-6-16/h2-13,24H,14H2,1H3,(H,23,25). The van der Waals surface area contributed by atoms with Crippen LogP contribution in [0.3, 0.4) is 0 Å². The zero-order valence-electron chi connectivity index (χ0n) is 15.6. The molecule has 6 nitrogen and oxygen atoms in total. The second-order valence-electron chi connectivity index (χ2n) is 6.29. The predicted octanol–water partition coefficient (Wildman–Crippen LogP) is 3.80. The van der Waals surface area contributed by atoms with Crippen LogP contribution in [-0.2, 0) is 21.5 Å². The Morgan fingerprint density at radius 3 is 2.38 bits per heavy atom. The third-order valence-electron chi connectivity index (χ3n) is 4.11. The van der Waals surface area contributed by atoms with Crippen molar-refractivity contribution in [1.82, 2.24) is 5.48 Å². The molecular weight excluding hydrogens is 395 g/mol. The molecule has 150 valence electrons. The fourth-order valence-corrected chi connectivity index (χ4v) is 3.64. The van der Waals surface area contributed by atoms with E-state index >= 15 is 0 Å². The summed E-state index contributed by atoms with van der Waals surface area (Å²) in [5, 5.41) is 0. The number of amides is 1. The lowest BCUT2D eigenvalue weighted by Crippen LogP contribution is -2.25. The maximum absolute atomic E-state index is 13.0. The molecule has 0 unspecified atom stereocenters. The molecule has 0 bridgehead atoms. The Kier molecular flexibility index (Phi) is 6.26. The van der Waals surface area contributed by atoms with Crippen LogP contribution in [0.2, 0.25) is 0 Å². The number of rotatable bonds is 7. The van der Waals surface area contributed by atoms with Gasteiger partial charge in [-0.1, -0.05) is 36.4 Å². The molecule has 0 atom stereocenters. The second-order valence-corrected chi connectivity index (χ2v) is 7.98. The summed E-state index contributed by atoms with van der Waals surface area (Å²) in [5.74, 6) is -1.03. The summed E-state index contributed by atoms with van der Waals surface area (Å²) < 4.78 is 40.6. The van der Waals surface area contributed by atoms with Gasteiger partial charge in [-0.2, -0.15) is 0 Å². The Bertz CT molecular complexity index is 1100. The lowest BCUT2D eigenvalue weighted by atomic mass is 10.1. The van der Waals surface area contributed by atoms with Crippen molar-refractivity contribution in [2.75, 3.05) is 4.72 Å². The normalized spacial score (nSPS) is 11.1. The van der Waals surface area contributed by atoms with E-state index < -0.39 is 21.7 Å². The van der Waals surface area contributed by atoms with Crippen LogP contribution in [0.25, 0.3) is 0 Å². The average Bonchev–Trinajstić information content (AvgIpc) is 2.70. The first kappa shape index (κ1) is 20.5. The molecule has 0 fully saturated rings. The molecular formula is C21H19FN2O4S. The van der Waals surface area contributed by atoms with Gasteiger partial charge in [-0.3, -0.25) is 14.4 Å². The van der Waals surface area contributed by atoms with Gasteiger partial charge in [-0.25, -0.2) is 18.3 Å². The maximum Gasteiger partial charge on any atom is 0.275 e. The molecule has 8 heteroatoms. The Labute approximate surface area is 168 Å². The van der Waals surface area contributed by atoms with Crippen molar-refractivity contribution in [2.24, 2.45) is 0 Å². The molecule has 1 amide bonds. The largest absolute Gasteiger partial charge is 0.280 e. The minimum atomic E-state index is -3.96. The van der Waals surface area contributed by atoms with Crippen molar-refractivity contribution in [3.63, 3.8) is 0 Å². The van der Waals surface area contributed by atoms with Gasteiger partial charge in [0.15, 0.2) is 0 Å². The molecule has 0 saturated heterocycles. The second kappa shape index (κ2) is 8.85. The summed E-state index contributed by atoms with van der Waals surface area (Å²) in [6.07, 6.45) is 0. The summed E-state index contributed by atoms with van der Waals surface area (Å²) in [6.45, 7) is 1.87. The number of carbonyl (C=O) groups excluding carboxylic acids is 1. The molecule has 0 heterocycles. The highest BCUT2D eigenvalue weighted by Crippen LogP contribution is 2.20. The minimum absolute atomic E-state index is 0.0966. The molecule has 0 aliphatic carbocycles. The van der Waals surface area contributed by atoms with Gasteiger partial charge in [0.2, 0.25) is 0 Å². The number of hydroxylamine groups is 1. The molecule has 0 saturated carbocycles. The molecule has 0 radical (unpaired) electrons. The van der Waals surface area contributed by atoms with Crippen molar-refractivity contribution in [3.05, 3.63) is 95.3 Å². The van der Waals surface area contributed by atoms with Crippen LogP contribution in [0, 0.1) is 12.7 Å². The number of carbonyl (C=O) groups is 1. The van der Waals surface area contributed by atoms with E-state index in [1.54, 1.807) is 6.92 Å². The zero-order valence-corrected chi connectivity index (χ0v) is 16.4. The van der Waals surface area contributed by atoms with Gasteiger partial charge in [0, 0.05) is 11.3 Å². The Morgan fingerprint density at radius 1 is 1.00 bits per heavy atom. The smallest absolute Gasteiger partial charge is 0.275 e. The van der Waals surface area contributed by atoms with Crippen LogP contribution in [0.1, 0.15) is 21.5 Å². The molecule has 3 aromatic carbocycles. The predicted molar refractivity (Wildman–Crippen MR) is 107 cm³/mol. The van der Waals surface area contributed by atoms with E-state index in [1.165, 1.54) is 30.3 Å². The summed E-state index contributed by atoms with van der Waals surface area (Å²) >= 11 is 0. The van der Waals surface area contributed by atoms with Crippen molar-refractivity contribution in [1.29, 1.82) is 0 Å². The molecule has 0 aliphatic heterocycles. The monoisotopic (exact) mass is 414 g/mol. The first-order chi connectivity index (χ1) is 13.8. The number of hydrogen-bond donors (Lipinski definition) is 2. The van der Waals surface area contributed by atoms with Gasteiger partial charge < -0.3 is 0 Å². The Morgan fingerprint density at radius 2 is 1.69 bits per heavy atom. The molecule has 29 heavy (non-hydrogen) atoms. The highest BCUT2D eigenvalue weighted by atomic mass is 32.2. The van der Waals surface area contributed by atoms with Gasteiger partial charge >= 0.3 is 0 Å². The number of hydrogen-bond acceptors (Lipinski definition) is 4.